The van der Waals surface area contributed by atoms with E-state index in [4.69, 9.17) is 28.7 Å². The van der Waals surface area contributed by atoms with Gasteiger partial charge in [0.05, 0.1) is 33.0 Å². The molecule has 1 N–H and O–H groups in total. The van der Waals surface area contributed by atoms with Crippen molar-refractivity contribution < 1.29 is 33.3 Å². The topological polar surface area (TPSA) is 105 Å². The smallest absolute Gasteiger partial charge is 0.407 e. The Morgan fingerprint density at radius 1 is 0.783 bits per heavy atom. The predicted octanol–water partition coefficient (Wildman–Crippen LogP) is 6.28. The number of hydrogen-bond donors (Lipinski definition) is 1. The van der Waals surface area contributed by atoms with Crippen molar-refractivity contribution in [3.05, 3.63) is 102 Å². The van der Waals surface area contributed by atoms with E-state index in [0.717, 1.165) is 24.0 Å². The number of nitrogens with one attached hydrogen (secondary N) is 1. The van der Waals surface area contributed by atoms with Crippen molar-refractivity contribution in [1.82, 2.24) is 5.32 Å². The van der Waals surface area contributed by atoms with E-state index in [9.17, 15) is 9.59 Å². The first-order chi connectivity index (χ1) is 22.3. The summed E-state index contributed by atoms with van der Waals surface area (Å²) in [7, 11) is 0. The van der Waals surface area contributed by atoms with E-state index >= 15 is 0 Å². The third kappa shape index (κ3) is 10.2. The monoisotopic (exact) mass is 630 g/mol. The largest absolute Gasteiger partial charge is 0.493 e. The number of carbonyl (C=O) groups excluding carboxylic acids is 2. The minimum Gasteiger partial charge on any atom is -0.493 e. The summed E-state index contributed by atoms with van der Waals surface area (Å²) in [6.45, 7) is 8.62. The number of rotatable bonds is 19. The first-order valence-corrected chi connectivity index (χ1v) is 16.0. The fourth-order valence-corrected chi connectivity index (χ4v) is 5.24. The first kappa shape index (κ1) is 34.7. The van der Waals surface area contributed by atoms with Crippen molar-refractivity contribution in [1.29, 1.82) is 0 Å². The number of alkyl carbamates (subject to hydrolysis) is 1. The number of hydrogen-bond acceptors (Lipinski definition) is 8. The molecule has 1 heterocycles. The number of ether oxygens (including phenoxy) is 5. The van der Waals surface area contributed by atoms with Crippen LogP contribution in [0.1, 0.15) is 56.7 Å². The van der Waals surface area contributed by atoms with Gasteiger partial charge in [-0.1, -0.05) is 60.7 Å². The van der Waals surface area contributed by atoms with Crippen LogP contribution in [-0.4, -0.2) is 69.5 Å². The maximum Gasteiger partial charge on any atom is 0.407 e. The van der Waals surface area contributed by atoms with Gasteiger partial charge in [0, 0.05) is 38.0 Å². The van der Waals surface area contributed by atoms with E-state index < -0.39 is 17.2 Å². The average molecular weight is 631 g/mol. The van der Waals surface area contributed by atoms with E-state index in [1.807, 2.05) is 48.5 Å². The number of aliphatic imine (C=N–C) groups is 1. The standard InChI is InChI=1S/C37H46N2O7/c1-29(40)12-10-22-42-26-27-43-25-21-38-35(41)45-24-11-23-44-33-19-17-31(18-20-33)34-39-36(2,28-30-13-6-4-7-14-30)37(3,46-34)32-15-8-5-9-16-32/h4-9,13-20H,10-12,21-28H2,1-3H3,(H,38,41)/t36-,37-/m0/s1. The van der Waals surface area contributed by atoms with Crippen LogP contribution < -0.4 is 10.1 Å². The van der Waals surface area contributed by atoms with Gasteiger partial charge >= 0.3 is 6.09 Å². The number of amides is 1. The van der Waals surface area contributed by atoms with Gasteiger partial charge in [0.2, 0.25) is 5.90 Å². The molecule has 1 amide bonds. The Morgan fingerprint density at radius 3 is 2.15 bits per heavy atom. The van der Waals surface area contributed by atoms with Crippen LogP contribution >= 0.6 is 0 Å². The molecule has 0 radical (unpaired) electrons. The minimum absolute atomic E-state index is 0.164. The summed E-state index contributed by atoms with van der Waals surface area (Å²) in [5.41, 5.74) is 1.99. The highest BCUT2D eigenvalue weighted by molar-refractivity contribution is 5.96. The van der Waals surface area contributed by atoms with E-state index in [1.54, 1.807) is 6.92 Å². The Hall–Kier alpha value is -4.21. The number of benzene rings is 3. The second-order valence-electron chi connectivity index (χ2n) is 11.7. The van der Waals surface area contributed by atoms with Crippen molar-refractivity contribution in [2.75, 3.05) is 46.2 Å². The van der Waals surface area contributed by atoms with E-state index in [2.05, 4.69) is 55.6 Å². The van der Waals surface area contributed by atoms with Gasteiger partial charge in [0.25, 0.3) is 0 Å². The van der Waals surface area contributed by atoms with Crippen LogP contribution in [0.5, 0.6) is 5.75 Å². The summed E-state index contributed by atoms with van der Waals surface area (Å²) < 4.78 is 28.6. The Kier molecular flexibility index (Phi) is 13.2. The second-order valence-corrected chi connectivity index (χ2v) is 11.7. The fourth-order valence-electron chi connectivity index (χ4n) is 5.24. The molecule has 3 aromatic carbocycles. The van der Waals surface area contributed by atoms with Gasteiger partial charge in [-0.2, -0.15) is 0 Å². The first-order valence-electron chi connectivity index (χ1n) is 16.0. The summed E-state index contributed by atoms with van der Waals surface area (Å²) >= 11 is 0. The van der Waals surface area contributed by atoms with Crippen molar-refractivity contribution in [3.63, 3.8) is 0 Å². The molecule has 1 aliphatic rings. The zero-order valence-electron chi connectivity index (χ0n) is 27.2. The van der Waals surface area contributed by atoms with Crippen LogP contribution in [0, 0.1) is 0 Å². The van der Waals surface area contributed by atoms with Crippen molar-refractivity contribution >= 4 is 17.8 Å². The SMILES string of the molecule is CC(=O)CCCOCCOCCNC(=O)OCCCOc1ccc(C2=N[C@@](C)(Cc3ccccc3)[C@](C)(c3ccccc3)O2)cc1. The Morgan fingerprint density at radius 2 is 1.46 bits per heavy atom. The molecule has 2 atom stereocenters. The summed E-state index contributed by atoms with van der Waals surface area (Å²) in [4.78, 5) is 27.9. The number of carbonyl (C=O) groups is 2. The lowest BCUT2D eigenvalue weighted by atomic mass is 9.74. The summed E-state index contributed by atoms with van der Waals surface area (Å²) in [6, 6.07) is 28.4. The van der Waals surface area contributed by atoms with E-state index in [0.29, 0.717) is 64.1 Å². The van der Waals surface area contributed by atoms with Crippen LogP contribution in [0.3, 0.4) is 0 Å². The van der Waals surface area contributed by atoms with Crippen LogP contribution in [0.15, 0.2) is 89.9 Å². The molecular weight excluding hydrogens is 584 g/mol. The molecule has 0 saturated heterocycles. The molecule has 9 nitrogen and oxygen atoms in total. The van der Waals surface area contributed by atoms with Gasteiger partial charge in [-0.25, -0.2) is 9.79 Å². The summed E-state index contributed by atoms with van der Waals surface area (Å²) in [6.07, 6.45) is 2.04. The van der Waals surface area contributed by atoms with Gasteiger partial charge in [-0.15, -0.1) is 0 Å². The van der Waals surface area contributed by atoms with Crippen LogP contribution in [0.2, 0.25) is 0 Å². The van der Waals surface area contributed by atoms with Crippen LogP contribution in [0.25, 0.3) is 0 Å². The van der Waals surface area contributed by atoms with Crippen molar-refractivity contribution in [2.24, 2.45) is 4.99 Å². The summed E-state index contributed by atoms with van der Waals surface area (Å²) in [5, 5.41) is 2.65. The van der Waals surface area contributed by atoms with Crippen LogP contribution in [0.4, 0.5) is 4.79 Å². The fraction of sp³-hybridized carbons (Fsp3) is 0.432. The van der Waals surface area contributed by atoms with Crippen molar-refractivity contribution in [3.8, 4) is 5.75 Å². The maximum atomic E-state index is 11.9. The van der Waals surface area contributed by atoms with Gasteiger partial charge < -0.3 is 33.8 Å². The van der Waals surface area contributed by atoms with Gasteiger partial charge in [0.15, 0.2) is 5.60 Å². The Labute approximate surface area is 272 Å². The molecule has 0 aliphatic carbocycles. The maximum absolute atomic E-state index is 11.9. The van der Waals surface area contributed by atoms with Crippen molar-refractivity contribution in [2.45, 2.75) is 57.6 Å². The van der Waals surface area contributed by atoms with Gasteiger partial charge in [0.1, 0.15) is 17.1 Å². The normalized spacial score (nSPS) is 18.8. The number of nitrogens with zero attached hydrogens (tertiary/aromatic N) is 1. The number of Topliss-reactive ketones (excluding diaryl/α,β-unsaturated/α-hetero) is 1. The summed E-state index contributed by atoms with van der Waals surface area (Å²) in [5.74, 6) is 1.48. The lowest BCUT2D eigenvalue weighted by Gasteiger charge is -2.38. The quantitative estimate of drug-likeness (QED) is 0.156. The highest BCUT2D eigenvalue weighted by atomic mass is 16.6. The Balaban J connectivity index is 1.17. The van der Waals surface area contributed by atoms with Gasteiger partial charge in [-0.05, 0) is 62.6 Å². The molecule has 0 bridgehead atoms. The second kappa shape index (κ2) is 17.5. The molecule has 0 unspecified atom stereocenters. The molecule has 246 valence electrons. The molecule has 3 aromatic rings. The van der Waals surface area contributed by atoms with Gasteiger partial charge in [-0.3, -0.25) is 0 Å². The van der Waals surface area contributed by atoms with E-state index in [-0.39, 0.29) is 12.4 Å². The predicted molar refractivity (Wildman–Crippen MR) is 177 cm³/mol. The Bertz CT molecular complexity index is 1400. The molecule has 0 saturated carbocycles. The lowest BCUT2D eigenvalue weighted by molar-refractivity contribution is -0.117. The zero-order valence-corrected chi connectivity index (χ0v) is 27.2. The third-order valence-corrected chi connectivity index (χ3v) is 7.99. The molecule has 9 heteroatoms. The number of ketones is 1. The van der Waals surface area contributed by atoms with E-state index in [1.165, 1.54) is 5.56 Å². The molecule has 0 fully saturated rings. The minimum atomic E-state index is -0.652. The molecule has 0 aromatic heterocycles. The molecular formula is C37H46N2O7. The molecule has 1 aliphatic heterocycles. The highest BCUT2D eigenvalue weighted by Gasteiger charge is 2.53. The molecule has 46 heavy (non-hydrogen) atoms. The molecule has 0 spiro atoms. The average Bonchev–Trinajstić information content (AvgIpc) is 3.33. The molecule has 4 rings (SSSR count). The zero-order chi connectivity index (χ0) is 32.7. The lowest BCUT2D eigenvalue weighted by Crippen LogP contribution is -2.45. The highest BCUT2D eigenvalue weighted by Crippen LogP contribution is 2.46. The van der Waals surface area contributed by atoms with Crippen LogP contribution in [-0.2, 0) is 35.8 Å². The third-order valence-electron chi connectivity index (χ3n) is 7.99.